The fourth-order valence-electron chi connectivity index (χ4n) is 2.92. The first-order valence-corrected chi connectivity index (χ1v) is 8.18. The van der Waals surface area contributed by atoms with E-state index in [-0.39, 0.29) is 18.4 Å². The lowest BCUT2D eigenvalue weighted by molar-refractivity contribution is -0.137. The number of rotatable bonds is 6. The number of carbonyl (C=O) groups excluding carboxylic acids is 2. The zero-order valence-electron chi connectivity index (χ0n) is 13.2. The molecule has 1 fully saturated rings. The summed E-state index contributed by atoms with van der Waals surface area (Å²) in [6.07, 6.45) is 5.17. The normalized spacial score (nSPS) is 15.1. The molecule has 6 nitrogen and oxygen atoms in total. The molecule has 1 aliphatic rings. The van der Waals surface area contributed by atoms with Crippen molar-refractivity contribution >= 4 is 22.8 Å². The molecule has 0 atom stereocenters. The maximum Gasteiger partial charge on any atom is 0.239 e. The van der Waals surface area contributed by atoms with Gasteiger partial charge in [0.15, 0.2) is 0 Å². The largest absolute Gasteiger partial charge is 0.354 e. The van der Waals surface area contributed by atoms with Crippen LogP contribution in [0.25, 0.3) is 11.0 Å². The maximum atomic E-state index is 11.9. The topological polar surface area (TPSA) is 67.2 Å². The molecule has 0 bridgehead atoms. The van der Waals surface area contributed by atoms with Gasteiger partial charge in [0.25, 0.3) is 0 Å². The van der Waals surface area contributed by atoms with Crippen LogP contribution >= 0.6 is 0 Å². The Bertz CT molecular complexity index is 695. The van der Waals surface area contributed by atoms with Crippen molar-refractivity contribution in [2.45, 2.75) is 32.2 Å². The van der Waals surface area contributed by atoms with Gasteiger partial charge in [-0.15, -0.1) is 0 Å². The minimum absolute atomic E-state index is 0.0734. The Kier molecular flexibility index (Phi) is 4.90. The fraction of sp³-hybridized carbons (Fsp3) is 0.471. The van der Waals surface area contributed by atoms with Crippen molar-refractivity contribution in [1.29, 1.82) is 0 Å². The van der Waals surface area contributed by atoms with E-state index in [1.165, 1.54) is 0 Å². The predicted molar refractivity (Wildman–Crippen MR) is 87.8 cm³/mol. The van der Waals surface area contributed by atoms with E-state index in [1.54, 1.807) is 4.90 Å². The first-order valence-electron chi connectivity index (χ1n) is 8.18. The maximum absolute atomic E-state index is 11.9. The van der Waals surface area contributed by atoms with E-state index < -0.39 is 0 Å². The number of nitrogens with one attached hydrogen (secondary N) is 1. The molecule has 0 spiro atoms. The third kappa shape index (κ3) is 3.88. The van der Waals surface area contributed by atoms with Crippen LogP contribution in [0.1, 0.15) is 25.7 Å². The van der Waals surface area contributed by atoms with E-state index in [0.29, 0.717) is 19.5 Å². The fourth-order valence-corrected chi connectivity index (χ4v) is 2.92. The van der Waals surface area contributed by atoms with Crippen molar-refractivity contribution in [2.75, 3.05) is 19.6 Å². The van der Waals surface area contributed by atoms with E-state index in [4.69, 9.17) is 0 Å². The second-order valence-corrected chi connectivity index (χ2v) is 5.90. The molecule has 0 aliphatic carbocycles. The average Bonchev–Trinajstić information content (AvgIpc) is 2.97. The minimum atomic E-state index is -0.0734. The summed E-state index contributed by atoms with van der Waals surface area (Å²) in [4.78, 5) is 29.6. The first kappa shape index (κ1) is 15.5. The minimum Gasteiger partial charge on any atom is -0.354 e. The number of piperidine rings is 1. The number of nitrogens with zero attached hydrogens (tertiary/aromatic N) is 3. The Labute approximate surface area is 135 Å². The molecule has 2 amide bonds. The quantitative estimate of drug-likeness (QED) is 0.823. The summed E-state index contributed by atoms with van der Waals surface area (Å²) in [5.41, 5.74) is 2.10. The lowest BCUT2D eigenvalue weighted by Crippen LogP contribution is -2.43. The van der Waals surface area contributed by atoms with Crippen LogP contribution in [0.5, 0.6) is 0 Å². The highest BCUT2D eigenvalue weighted by Crippen LogP contribution is 2.12. The molecule has 6 heteroatoms. The monoisotopic (exact) mass is 314 g/mol. The first-order chi connectivity index (χ1) is 11.2. The number of carbonyl (C=O) groups is 2. The van der Waals surface area contributed by atoms with Gasteiger partial charge >= 0.3 is 0 Å². The number of imidazole rings is 1. The lowest BCUT2D eigenvalue weighted by Gasteiger charge is -2.25. The molecule has 1 aromatic carbocycles. The summed E-state index contributed by atoms with van der Waals surface area (Å²) in [5.74, 6) is 0.0204. The van der Waals surface area contributed by atoms with Gasteiger partial charge in [-0.2, -0.15) is 0 Å². The highest BCUT2D eigenvalue weighted by molar-refractivity contribution is 5.85. The Hall–Kier alpha value is -2.37. The standard InChI is InChI=1S/C17H22N4O2/c22-16(12-20-10-4-3-8-17(20)23)18-9-5-11-21-13-19-14-6-1-2-7-15(14)21/h1-2,6-7,13H,3-5,8-12H2,(H,18,22). The van der Waals surface area contributed by atoms with Gasteiger partial charge in [-0.1, -0.05) is 12.1 Å². The molecule has 1 saturated heterocycles. The van der Waals surface area contributed by atoms with Gasteiger partial charge in [0, 0.05) is 26.1 Å². The van der Waals surface area contributed by atoms with Gasteiger partial charge in [0.1, 0.15) is 0 Å². The summed E-state index contributed by atoms with van der Waals surface area (Å²) in [7, 11) is 0. The van der Waals surface area contributed by atoms with Gasteiger partial charge in [0.2, 0.25) is 11.8 Å². The van der Waals surface area contributed by atoms with Crippen LogP contribution in [-0.2, 0) is 16.1 Å². The van der Waals surface area contributed by atoms with Gasteiger partial charge in [-0.25, -0.2) is 4.98 Å². The van der Waals surface area contributed by atoms with Crippen LogP contribution in [-0.4, -0.2) is 45.9 Å². The van der Waals surface area contributed by atoms with E-state index in [0.717, 1.165) is 36.8 Å². The Morgan fingerprint density at radius 3 is 3.00 bits per heavy atom. The van der Waals surface area contributed by atoms with Crippen LogP contribution < -0.4 is 5.32 Å². The van der Waals surface area contributed by atoms with Crippen LogP contribution in [0.4, 0.5) is 0 Å². The van der Waals surface area contributed by atoms with Gasteiger partial charge in [-0.3, -0.25) is 9.59 Å². The van der Waals surface area contributed by atoms with Crippen LogP contribution in [0.15, 0.2) is 30.6 Å². The van der Waals surface area contributed by atoms with Crippen molar-refractivity contribution in [3.8, 4) is 0 Å². The zero-order chi connectivity index (χ0) is 16.1. The van der Waals surface area contributed by atoms with Crippen molar-refractivity contribution in [3.05, 3.63) is 30.6 Å². The SMILES string of the molecule is O=C(CN1CCCCC1=O)NCCCn1cnc2ccccc21. The predicted octanol–water partition coefficient (Wildman–Crippen LogP) is 1.56. The molecule has 1 aromatic heterocycles. The summed E-state index contributed by atoms with van der Waals surface area (Å²) >= 11 is 0. The molecular formula is C17H22N4O2. The molecule has 122 valence electrons. The summed E-state index contributed by atoms with van der Waals surface area (Å²) < 4.78 is 2.09. The third-order valence-corrected chi connectivity index (χ3v) is 4.18. The molecule has 0 unspecified atom stereocenters. The van der Waals surface area contributed by atoms with Gasteiger partial charge in [0.05, 0.1) is 23.9 Å². The number of benzene rings is 1. The summed E-state index contributed by atoms with van der Waals surface area (Å²) in [6.45, 7) is 2.30. The second kappa shape index (κ2) is 7.26. The van der Waals surface area contributed by atoms with Crippen molar-refractivity contribution in [2.24, 2.45) is 0 Å². The number of amides is 2. The number of aryl methyl sites for hydroxylation is 1. The van der Waals surface area contributed by atoms with Crippen LogP contribution in [0, 0.1) is 0 Å². The number of likely N-dealkylation sites (tertiary alicyclic amines) is 1. The van der Waals surface area contributed by atoms with E-state index in [9.17, 15) is 9.59 Å². The summed E-state index contributed by atoms with van der Waals surface area (Å²) in [5, 5.41) is 2.89. The van der Waals surface area contributed by atoms with Crippen molar-refractivity contribution < 1.29 is 9.59 Å². The molecule has 3 rings (SSSR count). The summed E-state index contributed by atoms with van der Waals surface area (Å²) in [6, 6.07) is 8.01. The Morgan fingerprint density at radius 1 is 1.26 bits per heavy atom. The Balaban J connectivity index is 1.41. The smallest absolute Gasteiger partial charge is 0.239 e. The Morgan fingerprint density at radius 2 is 2.13 bits per heavy atom. The highest BCUT2D eigenvalue weighted by atomic mass is 16.2. The van der Waals surface area contributed by atoms with E-state index >= 15 is 0 Å². The molecule has 1 aliphatic heterocycles. The number of fused-ring (bicyclic) bond motifs is 1. The number of hydrogen-bond donors (Lipinski definition) is 1. The van der Waals surface area contributed by atoms with E-state index in [1.807, 2.05) is 30.6 Å². The number of hydrogen-bond acceptors (Lipinski definition) is 3. The number of para-hydroxylation sites is 2. The lowest BCUT2D eigenvalue weighted by atomic mass is 10.1. The van der Waals surface area contributed by atoms with Crippen molar-refractivity contribution in [3.63, 3.8) is 0 Å². The van der Waals surface area contributed by atoms with Crippen molar-refractivity contribution in [1.82, 2.24) is 19.8 Å². The number of aromatic nitrogens is 2. The van der Waals surface area contributed by atoms with Gasteiger partial charge in [-0.05, 0) is 31.4 Å². The van der Waals surface area contributed by atoms with Crippen LogP contribution in [0.2, 0.25) is 0 Å². The molecule has 0 saturated carbocycles. The molecule has 0 radical (unpaired) electrons. The molecular weight excluding hydrogens is 292 g/mol. The highest BCUT2D eigenvalue weighted by Gasteiger charge is 2.19. The average molecular weight is 314 g/mol. The van der Waals surface area contributed by atoms with Gasteiger partial charge < -0.3 is 14.8 Å². The van der Waals surface area contributed by atoms with Crippen LogP contribution in [0.3, 0.4) is 0 Å². The van der Waals surface area contributed by atoms with E-state index in [2.05, 4.69) is 14.9 Å². The third-order valence-electron chi connectivity index (χ3n) is 4.18. The molecule has 2 aromatic rings. The second-order valence-electron chi connectivity index (χ2n) is 5.90. The molecule has 2 heterocycles. The zero-order valence-corrected chi connectivity index (χ0v) is 13.2. The molecule has 1 N–H and O–H groups in total. The molecule has 23 heavy (non-hydrogen) atoms.